The van der Waals surface area contributed by atoms with Gasteiger partial charge in [-0.2, -0.15) is 11.3 Å². The molecule has 2 N–H and O–H groups in total. The van der Waals surface area contributed by atoms with Crippen molar-refractivity contribution < 1.29 is 4.74 Å². The van der Waals surface area contributed by atoms with Gasteiger partial charge in [-0.15, -0.1) is 0 Å². The fraction of sp³-hybridized carbons (Fsp3) is 0.667. The minimum Gasteiger partial charge on any atom is -0.378 e. The predicted molar refractivity (Wildman–Crippen MR) is 85.3 cm³/mol. The van der Waals surface area contributed by atoms with Crippen LogP contribution in [0, 0.1) is 0 Å². The lowest BCUT2D eigenvalue weighted by Crippen LogP contribution is -2.37. The van der Waals surface area contributed by atoms with E-state index in [9.17, 15) is 0 Å². The third kappa shape index (κ3) is 5.51. The summed E-state index contributed by atoms with van der Waals surface area (Å²) in [5.74, 6) is 0.858. The van der Waals surface area contributed by atoms with Crippen LogP contribution in [-0.4, -0.2) is 32.3 Å². The van der Waals surface area contributed by atoms with Crippen LogP contribution in [0.25, 0.3) is 0 Å². The van der Waals surface area contributed by atoms with Crippen LogP contribution in [0.3, 0.4) is 0 Å². The molecule has 1 aromatic heterocycles. The maximum absolute atomic E-state index is 5.84. The summed E-state index contributed by atoms with van der Waals surface area (Å²) in [5, 5.41) is 10.9. The zero-order valence-electron chi connectivity index (χ0n) is 12.2. The molecule has 2 rings (SSSR count). The van der Waals surface area contributed by atoms with E-state index in [4.69, 9.17) is 4.74 Å². The van der Waals surface area contributed by atoms with E-state index in [2.05, 4.69) is 32.5 Å². The number of nitrogens with one attached hydrogen (secondary N) is 2. The highest BCUT2D eigenvalue weighted by atomic mass is 32.1. The van der Waals surface area contributed by atoms with Gasteiger partial charge in [0.25, 0.3) is 0 Å². The maximum atomic E-state index is 5.84. The monoisotopic (exact) mass is 295 g/mol. The molecule has 0 aliphatic heterocycles. The summed E-state index contributed by atoms with van der Waals surface area (Å²) in [4.78, 5) is 4.22. The van der Waals surface area contributed by atoms with Gasteiger partial charge in [-0.3, -0.25) is 4.99 Å². The number of hydrogen-bond donors (Lipinski definition) is 2. The molecule has 0 spiro atoms. The average Bonchev–Trinajstić information content (AvgIpc) is 3.14. The van der Waals surface area contributed by atoms with E-state index < -0.39 is 0 Å². The van der Waals surface area contributed by atoms with Crippen LogP contribution in [-0.2, 0) is 11.3 Å². The van der Waals surface area contributed by atoms with Gasteiger partial charge in [0.1, 0.15) is 0 Å². The molecule has 0 radical (unpaired) electrons. The molecular weight excluding hydrogens is 270 g/mol. The largest absolute Gasteiger partial charge is 0.378 e. The second kappa shape index (κ2) is 8.97. The Morgan fingerprint density at radius 1 is 1.40 bits per heavy atom. The molecule has 1 aliphatic rings. The highest BCUT2D eigenvalue weighted by Gasteiger charge is 2.14. The van der Waals surface area contributed by atoms with Crippen molar-refractivity contribution in [2.24, 2.45) is 4.99 Å². The van der Waals surface area contributed by atoms with Gasteiger partial charge in [-0.25, -0.2) is 0 Å². The Labute approximate surface area is 125 Å². The van der Waals surface area contributed by atoms with E-state index in [1.165, 1.54) is 31.2 Å². The van der Waals surface area contributed by atoms with Crippen molar-refractivity contribution in [3.05, 3.63) is 22.4 Å². The molecule has 0 aromatic carbocycles. The molecule has 0 atom stereocenters. The minimum atomic E-state index is 0.519. The molecular formula is C15H25N3OS. The van der Waals surface area contributed by atoms with Gasteiger partial charge in [-0.05, 0) is 41.7 Å². The van der Waals surface area contributed by atoms with E-state index in [0.29, 0.717) is 6.10 Å². The van der Waals surface area contributed by atoms with Crippen LogP contribution in [0.4, 0.5) is 0 Å². The molecule has 0 saturated heterocycles. The lowest BCUT2D eigenvalue weighted by atomic mass is 10.3. The molecule has 1 aliphatic carbocycles. The number of aliphatic imine (C=N–C) groups is 1. The molecule has 1 aromatic rings. The first-order chi connectivity index (χ1) is 9.88. The number of rotatable bonds is 7. The van der Waals surface area contributed by atoms with Gasteiger partial charge >= 0.3 is 0 Å². The van der Waals surface area contributed by atoms with Crippen molar-refractivity contribution in [3.8, 4) is 0 Å². The molecule has 0 bridgehead atoms. The standard InChI is InChI=1S/C15H25N3OS/c1-16-15(18-11-13-7-10-20-12-13)17-8-4-9-19-14-5-2-3-6-14/h7,10,12,14H,2-6,8-9,11H2,1H3,(H2,16,17,18). The Hall–Kier alpha value is -1.07. The Morgan fingerprint density at radius 2 is 2.25 bits per heavy atom. The van der Waals surface area contributed by atoms with E-state index in [1.54, 1.807) is 18.4 Å². The average molecular weight is 295 g/mol. The lowest BCUT2D eigenvalue weighted by molar-refractivity contribution is 0.0574. The first-order valence-electron chi connectivity index (χ1n) is 7.45. The lowest BCUT2D eigenvalue weighted by Gasteiger charge is -2.13. The Balaban J connectivity index is 1.52. The van der Waals surface area contributed by atoms with E-state index in [1.807, 2.05) is 0 Å². The van der Waals surface area contributed by atoms with Crippen LogP contribution in [0.15, 0.2) is 21.8 Å². The maximum Gasteiger partial charge on any atom is 0.191 e. The van der Waals surface area contributed by atoms with Crippen LogP contribution in [0.1, 0.15) is 37.7 Å². The first kappa shape index (κ1) is 15.3. The fourth-order valence-corrected chi connectivity index (χ4v) is 3.05. The summed E-state index contributed by atoms with van der Waals surface area (Å²) < 4.78 is 5.84. The molecule has 20 heavy (non-hydrogen) atoms. The number of ether oxygens (including phenoxy) is 1. The minimum absolute atomic E-state index is 0.519. The number of hydrogen-bond acceptors (Lipinski definition) is 3. The van der Waals surface area contributed by atoms with Crippen molar-refractivity contribution >= 4 is 17.3 Å². The van der Waals surface area contributed by atoms with Gasteiger partial charge in [0.15, 0.2) is 5.96 Å². The van der Waals surface area contributed by atoms with Gasteiger partial charge in [0.05, 0.1) is 6.10 Å². The SMILES string of the molecule is CN=C(NCCCOC1CCCC1)NCc1ccsc1. The third-order valence-electron chi connectivity index (χ3n) is 3.53. The van der Waals surface area contributed by atoms with Gasteiger partial charge in [-0.1, -0.05) is 12.8 Å². The molecule has 112 valence electrons. The summed E-state index contributed by atoms with van der Waals surface area (Å²) in [5.41, 5.74) is 1.29. The molecule has 5 heteroatoms. The van der Waals surface area contributed by atoms with Crippen molar-refractivity contribution in [3.63, 3.8) is 0 Å². The van der Waals surface area contributed by atoms with Gasteiger partial charge in [0, 0.05) is 26.7 Å². The molecule has 0 unspecified atom stereocenters. The third-order valence-corrected chi connectivity index (χ3v) is 4.27. The molecule has 1 fully saturated rings. The summed E-state index contributed by atoms with van der Waals surface area (Å²) in [6.45, 7) is 2.57. The Bertz CT molecular complexity index is 386. The quantitative estimate of drug-likeness (QED) is 0.462. The van der Waals surface area contributed by atoms with Crippen LogP contribution < -0.4 is 10.6 Å². The number of nitrogens with zero attached hydrogens (tertiary/aromatic N) is 1. The topological polar surface area (TPSA) is 45.7 Å². The molecule has 4 nitrogen and oxygen atoms in total. The second-order valence-corrected chi connectivity index (χ2v) is 5.89. The van der Waals surface area contributed by atoms with Crippen molar-refractivity contribution in [2.45, 2.75) is 44.8 Å². The second-order valence-electron chi connectivity index (χ2n) is 5.11. The van der Waals surface area contributed by atoms with Crippen molar-refractivity contribution in [1.82, 2.24) is 10.6 Å². The van der Waals surface area contributed by atoms with Crippen molar-refractivity contribution in [2.75, 3.05) is 20.2 Å². The Morgan fingerprint density at radius 3 is 2.95 bits per heavy atom. The first-order valence-corrected chi connectivity index (χ1v) is 8.40. The van der Waals surface area contributed by atoms with E-state index in [0.717, 1.165) is 32.1 Å². The zero-order chi connectivity index (χ0) is 14.0. The normalized spacial score (nSPS) is 16.6. The predicted octanol–water partition coefficient (Wildman–Crippen LogP) is 2.76. The van der Waals surface area contributed by atoms with Crippen LogP contribution in [0.5, 0.6) is 0 Å². The molecule has 0 amide bonds. The highest BCUT2D eigenvalue weighted by Crippen LogP contribution is 2.20. The Kier molecular flexibility index (Phi) is 6.88. The summed E-state index contributed by atoms with van der Waals surface area (Å²) >= 11 is 1.72. The van der Waals surface area contributed by atoms with Crippen molar-refractivity contribution in [1.29, 1.82) is 0 Å². The van der Waals surface area contributed by atoms with E-state index in [-0.39, 0.29) is 0 Å². The summed E-state index contributed by atoms with van der Waals surface area (Å²) in [6, 6.07) is 2.13. The van der Waals surface area contributed by atoms with Gasteiger partial charge in [0.2, 0.25) is 0 Å². The smallest absolute Gasteiger partial charge is 0.191 e. The summed E-state index contributed by atoms with van der Waals surface area (Å²) in [6.07, 6.45) is 6.71. The highest BCUT2D eigenvalue weighted by molar-refractivity contribution is 7.07. The van der Waals surface area contributed by atoms with Crippen LogP contribution in [0.2, 0.25) is 0 Å². The zero-order valence-corrected chi connectivity index (χ0v) is 13.0. The molecule has 1 heterocycles. The van der Waals surface area contributed by atoms with E-state index >= 15 is 0 Å². The number of thiophene rings is 1. The number of guanidine groups is 1. The van der Waals surface area contributed by atoms with Gasteiger partial charge < -0.3 is 15.4 Å². The fourth-order valence-electron chi connectivity index (χ4n) is 2.38. The van der Waals surface area contributed by atoms with Crippen LogP contribution >= 0.6 is 11.3 Å². The summed E-state index contributed by atoms with van der Waals surface area (Å²) in [7, 11) is 1.80. The molecule has 1 saturated carbocycles.